The van der Waals surface area contributed by atoms with Crippen LogP contribution in [0.25, 0.3) is 17.3 Å². The van der Waals surface area contributed by atoms with Gasteiger partial charge in [-0.1, -0.05) is 42.5 Å². The predicted molar refractivity (Wildman–Crippen MR) is 116 cm³/mol. The number of amides is 2. The van der Waals surface area contributed by atoms with Crippen LogP contribution < -0.4 is 15.0 Å². The fourth-order valence-electron chi connectivity index (χ4n) is 2.81. The Morgan fingerprint density at radius 2 is 1.90 bits per heavy atom. The highest BCUT2D eigenvalue weighted by molar-refractivity contribution is 8.18. The van der Waals surface area contributed by atoms with Crippen LogP contribution in [0.3, 0.4) is 0 Å². The fourth-order valence-corrected chi connectivity index (χ4v) is 3.49. The van der Waals surface area contributed by atoms with Gasteiger partial charge in [0.15, 0.2) is 0 Å². The molecular weight excluding hydrogens is 402 g/mol. The minimum Gasteiger partial charge on any atom is -0.492 e. The van der Waals surface area contributed by atoms with E-state index in [1.54, 1.807) is 12.3 Å². The van der Waals surface area contributed by atoms with Gasteiger partial charge in [0, 0.05) is 12.6 Å². The summed E-state index contributed by atoms with van der Waals surface area (Å²) in [5.74, 6) is 0.345. The summed E-state index contributed by atoms with van der Waals surface area (Å²) in [5.41, 5.74) is 2.61. The van der Waals surface area contributed by atoms with Gasteiger partial charge >= 0.3 is 0 Å². The quantitative estimate of drug-likeness (QED) is 0.573. The second-order valence-electron chi connectivity index (χ2n) is 6.57. The summed E-state index contributed by atoms with van der Waals surface area (Å²) in [6.45, 7) is 1.05. The number of ether oxygens (including phenoxy) is 1. The van der Waals surface area contributed by atoms with Gasteiger partial charge in [0.2, 0.25) is 0 Å². The third-order valence-corrected chi connectivity index (χ3v) is 5.21. The Bertz CT molecular complexity index is 1080. The third-order valence-electron chi connectivity index (χ3n) is 4.40. The monoisotopic (exact) mass is 421 g/mol. The first kappa shape index (κ1) is 19.8. The molecule has 1 aliphatic rings. The Morgan fingerprint density at radius 1 is 1.13 bits per heavy atom. The van der Waals surface area contributed by atoms with Crippen LogP contribution in [0.2, 0.25) is 0 Å². The third kappa shape index (κ3) is 4.72. The Balaban J connectivity index is 1.29. The van der Waals surface area contributed by atoms with Gasteiger partial charge in [-0.15, -0.1) is 0 Å². The minimum absolute atomic E-state index is 0.350. The molecule has 2 heterocycles. The van der Waals surface area contributed by atoms with Gasteiger partial charge < -0.3 is 14.1 Å². The molecule has 2 amide bonds. The summed E-state index contributed by atoms with van der Waals surface area (Å²) in [6.07, 6.45) is 3.32. The van der Waals surface area contributed by atoms with Crippen LogP contribution in [0.5, 0.6) is 5.75 Å². The molecule has 1 N–H and O–H groups in total. The molecular formula is C22H19N3O4S. The van der Waals surface area contributed by atoms with Crippen LogP contribution in [0, 0.1) is 0 Å². The second kappa shape index (κ2) is 8.87. The number of hydrogen-bond donors (Lipinski definition) is 1. The van der Waals surface area contributed by atoms with Crippen molar-refractivity contribution in [3.05, 3.63) is 71.3 Å². The zero-order chi connectivity index (χ0) is 20.9. The Morgan fingerprint density at radius 3 is 2.60 bits per heavy atom. The second-order valence-corrected chi connectivity index (χ2v) is 7.59. The molecule has 152 valence electrons. The average Bonchev–Trinajstić information content (AvgIpc) is 3.37. The first-order chi connectivity index (χ1) is 14.6. The number of benzene rings is 2. The largest absolute Gasteiger partial charge is 0.492 e. The van der Waals surface area contributed by atoms with Gasteiger partial charge in [-0.05, 0) is 35.5 Å². The maximum absolute atomic E-state index is 11.6. The van der Waals surface area contributed by atoms with Crippen molar-refractivity contribution in [2.45, 2.75) is 0 Å². The number of anilines is 1. The molecule has 1 aromatic heterocycles. The molecule has 2 aromatic carbocycles. The Labute approximate surface area is 177 Å². The van der Waals surface area contributed by atoms with Gasteiger partial charge in [-0.2, -0.15) is 4.98 Å². The van der Waals surface area contributed by atoms with Crippen molar-refractivity contribution in [2.24, 2.45) is 0 Å². The number of aromatic nitrogens is 1. The van der Waals surface area contributed by atoms with Crippen molar-refractivity contribution < 1.29 is 18.7 Å². The summed E-state index contributed by atoms with van der Waals surface area (Å²) in [5, 5.41) is 1.89. The molecule has 0 unspecified atom stereocenters. The molecule has 0 radical (unpaired) electrons. The number of nitrogens with zero attached hydrogens (tertiary/aromatic N) is 2. The number of carbonyl (C=O) groups excluding carboxylic acids is 2. The topological polar surface area (TPSA) is 84.7 Å². The molecule has 3 aromatic rings. The molecule has 30 heavy (non-hydrogen) atoms. The van der Waals surface area contributed by atoms with E-state index in [9.17, 15) is 9.59 Å². The van der Waals surface area contributed by atoms with Crippen molar-refractivity contribution in [1.29, 1.82) is 0 Å². The summed E-state index contributed by atoms with van der Waals surface area (Å²) >= 11 is 0.898. The van der Waals surface area contributed by atoms with Crippen molar-refractivity contribution in [3.8, 4) is 17.0 Å². The van der Waals surface area contributed by atoms with Crippen molar-refractivity contribution in [3.63, 3.8) is 0 Å². The lowest BCUT2D eigenvalue weighted by atomic mass is 10.2. The van der Waals surface area contributed by atoms with Crippen molar-refractivity contribution >= 4 is 35.0 Å². The molecule has 8 heteroatoms. The molecule has 1 fully saturated rings. The number of imide groups is 1. The van der Waals surface area contributed by atoms with E-state index in [0.29, 0.717) is 29.8 Å². The zero-order valence-corrected chi connectivity index (χ0v) is 17.0. The first-order valence-corrected chi connectivity index (χ1v) is 10.1. The number of thioether (sulfide) groups is 1. The van der Waals surface area contributed by atoms with E-state index >= 15 is 0 Å². The molecule has 0 saturated carbocycles. The average molecular weight is 421 g/mol. The van der Waals surface area contributed by atoms with E-state index < -0.39 is 0 Å². The SMILES string of the molecule is CN(CCOc1ccc(C=C2SC(=O)NC2=O)cc1)c1nc(-c2ccccc2)co1. The van der Waals surface area contributed by atoms with Gasteiger partial charge in [-0.25, -0.2) is 0 Å². The van der Waals surface area contributed by atoms with Crippen LogP contribution >= 0.6 is 11.8 Å². The fraction of sp³-hybridized carbons (Fsp3) is 0.136. The highest BCUT2D eigenvalue weighted by Gasteiger charge is 2.24. The number of rotatable bonds is 7. The van der Waals surface area contributed by atoms with Gasteiger partial charge in [0.1, 0.15) is 24.3 Å². The van der Waals surface area contributed by atoms with E-state index in [4.69, 9.17) is 9.15 Å². The van der Waals surface area contributed by atoms with Crippen LogP contribution in [0.1, 0.15) is 5.56 Å². The summed E-state index contributed by atoms with van der Waals surface area (Å²) in [7, 11) is 1.89. The van der Waals surface area contributed by atoms with Crippen molar-refractivity contribution in [2.75, 3.05) is 25.1 Å². The maximum atomic E-state index is 11.6. The molecule has 0 bridgehead atoms. The van der Waals surface area contributed by atoms with Gasteiger partial charge in [0.25, 0.3) is 17.2 Å². The molecule has 0 atom stereocenters. The van der Waals surface area contributed by atoms with Crippen molar-refractivity contribution in [1.82, 2.24) is 10.3 Å². The number of likely N-dealkylation sites (N-methyl/N-ethyl adjacent to an activating group) is 1. The molecule has 1 saturated heterocycles. The molecule has 0 spiro atoms. The minimum atomic E-state index is -0.365. The Hall–Kier alpha value is -3.52. The smallest absolute Gasteiger partial charge is 0.297 e. The summed E-state index contributed by atoms with van der Waals surface area (Å²) in [6, 6.07) is 17.7. The molecule has 4 rings (SSSR count). The lowest BCUT2D eigenvalue weighted by Crippen LogP contribution is -2.24. The summed E-state index contributed by atoms with van der Waals surface area (Å²) < 4.78 is 11.4. The van der Waals surface area contributed by atoms with Crippen LogP contribution in [-0.2, 0) is 4.79 Å². The highest BCUT2D eigenvalue weighted by atomic mass is 32.2. The lowest BCUT2D eigenvalue weighted by molar-refractivity contribution is -0.115. The van der Waals surface area contributed by atoms with E-state index in [1.165, 1.54) is 0 Å². The Kier molecular flexibility index (Phi) is 5.85. The van der Waals surface area contributed by atoms with Crippen LogP contribution in [0.15, 0.2) is 70.2 Å². The first-order valence-electron chi connectivity index (χ1n) is 9.28. The van der Waals surface area contributed by atoms with Crippen LogP contribution in [-0.4, -0.2) is 36.3 Å². The molecule has 7 nitrogen and oxygen atoms in total. The van der Waals surface area contributed by atoms with E-state index in [0.717, 1.165) is 28.6 Å². The maximum Gasteiger partial charge on any atom is 0.297 e. The summed E-state index contributed by atoms with van der Waals surface area (Å²) in [4.78, 5) is 29.6. The van der Waals surface area contributed by atoms with Crippen LogP contribution in [0.4, 0.5) is 10.8 Å². The standard InChI is InChI=1S/C22H19N3O4S/c1-25(21-23-18(14-29-21)16-5-3-2-4-6-16)11-12-28-17-9-7-15(8-10-17)13-19-20(26)24-22(27)30-19/h2-10,13-14H,11-12H2,1H3,(H,24,26,27). The number of nitrogens with one attached hydrogen (secondary N) is 1. The van der Waals surface area contributed by atoms with E-state index in [1.807, 2.05) is 66.5 Å². The number of hydrogen-bond acceptors (Lipinski definition) is 7. The van der Waals surface area contributed by atoms with E-state index in [2.05, 4.69) is 10.3 Å². The molecule has 1 aliphatic heterocycles. The molecule has 0 aliphatic carbocycles. The zero-order valence-electron chi connectivity index (χ0n) is 16.2. The van der Waals surface area contributed by atoms with Gasteiger partial charge in [-0.3, -0.25) is 14.9 Å². The van der Waals surface area contributed by atoms with E-state index in [-0.39, 0.29) is 11.1 Å². The number of carbonyl (C=O) groups is 2. The lowest BCUT2D eigenvalue weighted by Gasteiger charge is -2.15. The highest BCUT2D eigenvalue weighted by Crippen LogP contribution is 2.26. The van der Waals surface area contributed by atoms with Gasteiger partial charge in [0.05, 0.1) is 11.4 Å². The predicted octanol–water partition coefficient (Wildman–Crippen LogP) is 4.18. The normalized spacial score (nSPS) is 14.8. The number of oxazole rings is 1.